The molecule has 0 unspecified atom stereocenters. The van der Waals surface area contributed by atoms with Gasteiger partial charge in [0.25, 0.3) is 0 Å². The molecule has 8 heteroatoms. The molecule has 2 rings (SSSR count). The quantitative estimate of drug-likeness (QED) is 0.440. The minimum atomic E-state index is -3.41. The first-order valence-corrected chi connectivity index (χ1v) is 13.0. The molecule has 2 aromatic rings. The molecule has 0 fully saturated rings. The van der Waals surface area contributed by atoms with Crippen LogP contribution in [0.15, 0.2) is 70.5 Å². The summed E-state index contributed by atoms with van der Waals surface area (Å²) in [7, 11) is -6.81. The van der Waals surface area contributed by atoms with Crippen LogP contribution in [0, 0.1) is 0 Å². The van der Waals surface area contributed by atoms with E-state index in [1.807, 2.05) is 0 Å². The maximum absolute atomic E-state index is 12.1. The van der Waals surface area contributed by atoms with Gasteiger partial charge in [0.05, 0.1) is 9.79 Å². The highest BCUT2D eigenvalue weighted by Crippen LogP contribution is 2.10. The largest absolute Gasteiger partial charge is 0.240 e. The van der Waals surface area contributed by atoms with Crippen molar-refractivity contribution in [2.24, 2.45) is 0 Å². The lowest BCUT2D eigenvalue weighted by atomic mass is 10.1. The van der Waals surface area contributed by atoms with Gasteiger partial charge in [-0.1, -0.05) is 68.5 Å². The van der Waals surface area contributed by atoms with E-state index in [1.165, 1.54) is 0 Å². The zero-order valence-electron chi connectivity index (χ0n) is 16.6. The zero-order valence-corrected chi connectivity index (χ0v) is 18.2. The summed E-state index contributed by atoms with van der Waals surface area (Å²) >= 11 is 0. The molecular weight excluding hydrogens is 408 g/mol. The second kappa shape index (κ2) is 12.1. The Bertz CT molecular complexity index is 838. The van der Waals surface area contributed by atoms with Crippen LogP contribution in [0.2, 0.25) is 0 Å². The molecule has 0 aliphatic heterocycles. The highest BCUT2D eigenvalue weighted by molar-refractivity contribution is 7.89. The summed E-state index contributed by atoms with van der Waals surface area (Å²) in [6, 6.07) is 16.8. The van der Waals surface area contributed by atoms with Crippen LogP contribution in [0.3, 0.4) is 0 Å². The molecule has 160 valence electrons. The highest BCUT2D eigenvalue weighted by Gasteiger charge is 2.12. The lowest BCUT2D eigenvalue weighted by molar-refractivity contribution is 0.554. The van der Waals surface area contributed by atoms with Crippen LogP contribution in [0.5, 0.6) is 0 Å². The molecule has 29 heavy (non-hydrogen) atoms. The van der Waals surface area contributed by atoms with Crippen LogP contribution in [-0.2, 0) is 20.0 Å². The number of unbranched alkanes of at least 4 members (excludes halogenated alkanes) is 6. The van der Waals surface area contributed by atoms with Crippen LogP contribution in [0.25, 0.3) is 0 Å². The first-order chi connectivity index (χ1) is 13.9. The maximum atomic E-state index is 12.1. The van der Waals surface area contributed by atoms with E-state index in [2.05, 4.69) is 9.44 Å². The number of nitrogens with one attached hydrogen (secondary N) is 2. The molecular formula is C21H30N2O4S2. The molecule has 0 heterocycles. The lowest BCUT2D eigenvalue weighted by Crippen LogP contribution is -2.24. The van der Waals surface area contributed by atoms with E-state index < -0.39 is 20.0 Å². The molecule has 0 radical (unpaired) electrons. The Morgan fingerprint density at radius 3 is 1.14 bits per heavy atom. The smallest absolute Gasteiger partial charge is 0.211 e. The van der Waals surface area contributed by atoms with Gasteiger partial charge in [0.2, 0.25) is 20.0 Å². The Balaban J connectivity index is 1.47. The summed E-state index contributed by atoms with van der Waals surface area (Å²) in [4.78, 5) is 0.589. The fraction of sp³-hybridized carbons (Fsp3) is 0.429. The summed E-state index contributed by atoms with van der Waals surface area (Å²) in [6.45, 7) is 0.886. The summed E-state index contributed by atoms with van der Waals surface area (Å²) in [5.74, 6) is 0. The van der Waals surface area contributed by atoms with Gasteiger partial charge in [-0.3, -0.25) is 0 Å². The van der Waals surface area contributed by atoms with Gasteiger partial charge >= 0.3 is 0 Å². The number of rotatable bonds is 14. The van der Waals surface area contributed by atoms with Crippen LogP contribution in [0.1, 0.15) is 44.9 Å². The van der Waals surface area contributed by atoms with Gasteiger partial charge in [0.15, 0.2) is 0 Å². The third-order valence-electron chi connectivity index (χ3n) is 4.54. The molecule has 2 aromatic carbocycles. The number of hydrogen-bond donors (Lipinski definition) is 2. The van der Waals surface area contributed by atoms with Crippen molar-refractivity contribution in [3.05, 3.63) is 60.7 Å². The normalized spacial score (nSPS) is 12.1. The maximum Gasteiger partial charge on any atom is 0.240 e. The molecule has 6 nitrogen and oxygen atoms in total. The standard InChI is InChI=1S/C21H30N2O4S2/c24-28(25,20-14-8-6-9-15-20)22-18-12-4-2-1-3-5-13-19-23-29(26,27)21-16-10-7-11-17-21/h6-11,14-17,22-23H,1-5,12-13,18-19H2. The van der Waals surface area contributed by atoms with Crippen molar-refractivity contribution < 1.29 is 16.8 Å². The second-order valence-corrected chi connectivity index (χ2v) is 10.4. The fourth-order valence-corrected chi connectivity index (χ4v) is 5.10. The lowest BCUT2D eigenvalue weighted by Gasteiger charge is -2.07. The van der Waals surface area contributed by atoms with Gasteiger partial charge in [-0.2, -0.15) is 0 Å². The van der Waals surface area contributed by atoms with Gasteiger partial charge in [-0.05, 0) is 37.1 Å². The first kappa shape index (κ1) is 23.5. The molecule has 0 amide bonds. The topological polar surface area (TPSA) is 92.3 Å². The van der Waals surface area contributed by atoms with Crippen molar-refractivity contribution in [1.29, 1.82) is 0 Å². The molecule has 0 aromatic heterocycles. The van der Waals surface area contributed by atoms with Crippen molar-refractivity contribution in [3.63, 3.8) is 0 Å². The minimum absolute atomic E-state index is 0.294. The predicted molar refractivity (Wildman–Crippen MR) is 116 cm³/mol. The van der Waals surface area contributed by atoms with Crippen molar-refractivity contribution in [1.82, 2.24) is 9.44 Å². The van der Waals surface area contributed by atoms with Gasteiger partial charge < -0.3 is 0 Å². The summed E-state index contributed by atoms with van der Waals surface area (Å²) in [6.07, 6.45) is 6.71. The minimum Gasteiger partial charge on any atom is -0.211 e. The van der Waals surface area contributed by atoms with Crippen molar-refractivity contribution in [2.45, 2.75) is 54.7 Å². The second-order valence-electron chi connectivity index (χ2n) is 6.90. The van der Waals surface area contributed by atoms with E-state index >= 15 is 0 Å². The highest BCUT2D eigenvalue weighted by atomic mass is 32.2. The zero-order chi connectivity index (χ0) is 21.0. The van der Waals surface area contributed by atoms with Crippen LogP contribution in [-0.4, -0.2) is 29.9 Å². The Hall–Kier alpha value is -1.74. The molecule has 0 aliphatic carbocycles. The number of benzene rings is 2. The molecule has 0 saturated heterocycles. The van der Waals surface area contributed by atoms with E-state index in [1.54, 1.807) is 60.7 Å². The van der Waals surface area contributed by atoms with Gasteiger partial charge in [-0.25, -0.2) is 26.3 Å². The van der Waals surface area contributed by atoms with Crippen molar-refractivity contribution in [2.75, 3.05) is 13.1 Å². The van der Waals surface area contributed by atoms with E-state index in [0.717, 1.165) is 44.9 Å². The third-order valence-corrected chi connectivity index (χ3v) is 7.50. The first-order valence-electron chi connectivity index (χ1n) is 10.0. The van der Waals surface area contributed by atoms with E-state index in [9.17, 15) is 16.8 Å². The molecule has 0 spiro atoms. The van der Waals surface area contributed by atoms with Gasteiger partial charge in [-0.15, -0.1) is 0 Å². The van der Waals surface area contributed by atoms with Crippen LogP contribution in [0.4, 0.5) is 0 Å². The molecule has 2 N–H and O–H groups in total. The van der Waals surface area contributed by atoms with Crippen LogP contribution < -0.4 is 9.44 Å². The molecule has 0 aliphatic rings. The number of hydrogen-bond acceptors (Lipinski definition) is 4. The van der Waals surface area contributed by atoms with E-state index in [4.69, 9.17) is 0 Å². The Morgan fingerprint density at radius 1 is 0.483 bits per heavy atom. The van der Waals surface area contributed by atoms with Gasteiger partial charge in [0, 0.05) is 13.1 Å². The molecule has 0 atom stereocenters. The monoisotopic (exact) mass is 438 g/mol. The average molecular weight is 439 g/mol. The van der Waals surface area contributed by atoms with E-state index in [-0.39, 0.29) is 0 Å². The van der Waals surface area contributed by atoms with Crippen molar-refractivity contribution in [3.8, 4) is 0 Å². The summed E-state index contributed by atoms with van der Waals surface area (Å²) < 4.78 is 53.5. The van der Waals surface area contributed by atoms with E-state index in [0.29, 0.717) is 22.9 Å². The predicted octanol–water partition coefficient (Wildman–Crippen LogP) is 3.67. The molecule has 0 saturated carbocycles. The average Bonchev–Trinajstić information content (AvgIpc) is 2.73. The van der Waals surface area contributed by atoms with Crippen LogP contribution >= 0.6 is 0 Å². The SMILES string of the molecule is O=S(=O)(NCCCCCCCCCNS(=O)(=O)c1ccccc1)c1ccccc1. The summed E-state index contributed by atoms with van der Waals surface area (Å²) in [5, 5.41) is 0. The Morgan fingerprint density at radius 2 is 0.793 bits per heavy atom. The Labute approximate surface area is 174 Å². The summed E-state index contributed by atoms with van der Waals surface area (Å²) in [5.41, 5.74) is 0. The Kier molecular flexibility index (Phi) is 9.80. The number of sulfonamides is 2. The van der Waals surface area contributed by atoms with Crippen molar-refractivity contribution >= 4 is 20.0 Å². The fourth-order valence-electron chi connectivity index (χ4n) is 2.91. The van der Waals surface area contributed by atoms with Gasteiger partial charge in [0.1, 0.15) is 0 Å². The molecule has 0 bridgehead atoms. The third kappa shape index (κ3) is 8.65.